The molecule has 0 spiro atoms. The molecule has 0 aliphatic heterocycles. The van der Waals surface area contributed by atoms with E-state index in [-0.39, 0.29) is 6.04 Å². The molecule has 0 saturated heterocycles. The third kappa shape index (κ3) is 4.97. The number of hydrogen-bond donors (Lipinski definition) is 2. The number of nitrogens with one attached hydrogen (secondary N) is 2. The Labute approximate surface area is 115 Å². The standard InChI is InChI=1S/C13H24N2O3S/c1-5-8-14-9-11(3)19(16,17)15-12(4)13-7-6-10(2)18-13/h6-7,11-12,14-15H,5,8-9H2,1-4H3. The maximum absolute atomic E-state index is 12.1. The van der Waals surface area contributed by atoms with Gasteiger partial charge in [-0.1, -0.05) is 6.92 Å². The maximum Gasteiger partial charge on any atom is 0.216 e. The summed E-state index contributed by atoms with van der Waals surface area (Å²) in [5.74, 6) is 1.41. The lowest BCUT2D eigenvalue weighted by molar-refractivity contribution is 0.439. The molecule has 0 saturated carbocycles. The van der Waals surface area contributed by atoms with E-state index in [0.717, 1.165) is 18.7 Å². The Kier molecular flexibility index (Phi) is 6.03. The summed E-state index contributed by atoms with van der Waals surface area (Å²) in [7, 11) is -3.35. The highest BCUT2D eigenvalue weighted by atomic mass is 32.2. The average Bonchev–Trinajstić information content (AvgIpc) is 2.75. The zero-order chi connectivity index (χ0) is 14.5. The lowest BCUT2D eigenvalue weighted by Crippen LogP contribution is -2.40. The number of furan rings is 1. The zero-order valence-electron chi connectivity index (χ0n) is 12.1. The summed E-state index contributed by atoms with van der Waals surface area (Å²) in [6.07, 6.45) is 0.988. The van der Waals surface area contributed by atoms with Crippen LogP contribution in [0, 0.1) is 6.92 Å². The van der Waals surface area contributed by atoms with Crippen LogP contribution in [0.25, 0.3) is 0 Å². The van der Waals surface area contributed by atoms with E-state index in [1.54, 1.807) is 19.9 Å². The van der Waals surface area contributed by atoms with Crippen LogP contribution in [0.15, 0.2) is 16.5 Å². The van der Waals surface area contributed by atoms with Gasteiger partial charge in [0, 0.05) is 6.54 Å². The predicted octanol–water partition coefficient (Wildman–Crippen LogP) is 1.96. The Morgan fingerprint density at radius 1 is 1.32 bits per heavy atom. The predicted molar refractivity (Wildman–Crippen MR) is 76.5 cm³/mol. The molecular formula is C13H24N2O3S. The molecule has 1 rings (SSSR count). The van der Waals surface area contributed by atoms with Crippen LogP contribution in [0.3, 0.4) is 0 Å². The molecule has 110 valence electrons. The van der Waals surface area contributed by atoms with Crippen LogP contribution >= 0.6 is 0 Å². The SMILES string of the molecule is CCCNCC(C)S(=O)(=O)NC(C)c1ccc(C)o1. The summed E-state index contributed by atoms with van der Waals surface area (Å²) < 4.78 is 32.3. The van der Waals surface area contributed by atoms with Gasteiger partial charge in [-0.2, -0.15) is 0 Å². The Bertz CT molecular complexity index is 482. The van der Waals surface area contributed by atoms with Gasteiger partial charge >= 0.3 is 0 Å². The molecule has 0 aliphatic rings. The highest BCUT2D eigenvalue weighted by Crippen LogP contribution is 2.17. The molecule has 0 fully saturated rings. The van der Waals surface area contributed by atoms with Crippen molar-refractivity contribution in [2.24, 2.45) is 0 Å². The number of rotatable bonds is 8. The molecule has 1 aromatic rings. The van der Waals surface area contributed by atoms with E-state index in [2.05, 4.69) is 10.0 Å². The molecular weight excluding hydrogens is 264 g/mol. The summed E-state index contributed by atoms with van der Waals surface area (Å²) in [4.78, 5) is 0. The van der Waals surface area contributed by atoms with Crippen LogP contribution in [-0.4, -0.2) is 26.8 Å². The van der Waals surface area contributed by atoms with Crippen molar-refractivity contribution in [3.05, 3.63) is 23.7 Å². The first kappa shape index (κ1) is 16.2. The van der Waals surface area contributed by atoms with E-state index in [4.69, 9.17) is 4.42 Å². The fourth-order valence-electron chi connectivity index (χ4n) is 1.70. The van der Waals surface area contributed by atoms with Crippen LogP contribution in [0.4, 0.5) is 0 Å². The first-order chi connectivity index (χ1) is 8.86. The maximum atomic E-state index is 12.1. The van der Waals surface area contributed by atoms with Gasteiger partial charge in [0.25, 0.3) is 0 Å². The van der Waals surface area contributed by atoms with Crippen molar-refractivity contribution in [2.45, 2.75) is 45.4 Å². The first-order valence-electron chi connectivity index (χ1n) is 6.65. The van der Waals surface area contributed by atoms with Gasteiger partial charge in [0.15, 0.2) is 0 Å². The highest BCUT2D eigenvalue weighted by molar-refractivity contribution is 7.90. The van der Waals surface area contributed by atoms with Gasteiger partial charge < -0.3 is 9.73 Å². The van der Waals surface area contributed by atoms with Crippen molar-refractivity contribution in [3.63, 3.8) is 0 Å². The van der Waals surface area contributed by atoms with Gasteiger partial charge in [0.05, 0.1) is 11.3 Å². The quantitative estimate of drug-likeness (QED) is 0.717. The second-order valence-corrected chi connectivity index (χ2v) is 6.98. The zero-order valence-corrected chi connectivity index (χ0v) is 12.9. The molecule has 5 nitrogen and oxygen atoms in total. The van der Waals surface area contributed by atoms with Crippen LogP contribution in [0.2, 0.25) is 0 Å². The van der Waals surface area contributed by atoms with Gasteiger partial charge in [-0.05, 0) is 45.9 Å². The smallest absolute Gasteiger partial charge is 0.216 e. The Morgan fingerprint density at radius 2 is 2.00 bits per heavy atom. The van der Waals surface area contributed by atoms with Crippen molar-refractivity contribution in [3.8, 4) is 0 Å². The molecule has 0 radical (unpaired) electrons. The minimum atomic E-state index is -3.35. The van der Waals surface area contributed by atoms with Gasteiger partial charge in [-0.3, -0.25) is 0 Å². The lowest BCUT2D eigenvalue weighted by Gasteiger charge is -2.17. The third-order valence-corrected chi connectivity index (χ3v) is 4.83. The van der Waals surface area contributed by atoms with Gasteiger partial charge in [-0.25, -0.2) is 13.1 Å². The van der Waals surface area contributed by atoms with E-state index < -0.39 is 15.3 Å². The van der Waals surface area contributed by atoms with Crippen LogP contribution in [0.5, 0.6) is 0 Å². The molecule has 1 aromatic heterocycles. The van der Waals surface area contributed by atoms with Gasteiger partial charge in [0.2, 0.25) is 10.0 Å². The molecule has 6 heteroatoms. The molecule has 0 bridgehead atoms. The number of sulfonamides is 1. The molecule has 19 heavy (non-hydrogen) atoms. The average molecular weight is 288 g/mol. The Morgan fingerprint density at radius 3 is 2.53 bits per heavy atom. The van der Waals surface area contributed by atoms with Gasteiger partial charge in [0.1, 0.15) is 11.5 Å². The number of aryl methyl sites for hydroxylation is 1. The molecule has 2 atom stereocenters. The van der Waals surface area contributed by atoms with E-state index in [0.29, 0.717) is 12.3 Å². The normalized spacial score (nSPS) is 15.4. The molecule has 2 unspecified atom stereocenters. The third-order valence-electron chi connectivity index (χ3n) is 2.92. The second kappa shape index (κ2) is 7.07. The molecule has 0 aliphatic carbocycles. The second-order valence-electron chi connectivity index (χ2n) is 4.85. The van der Waals surface area contributed by atoms with E-state index in [1.165, 1.54) is 0 Å². The lowest BCUT2D eigenvalue weighted by atomic mass is 10.3. The van der Waals surface area contributed by atoms with Crippen LogP contribution in [0.1, 0.15) is 44.8 Å². The van der Waals surface area contributed by atoms with E-state index >= 15 is 0 Å². The Hall–Kier alpha value is -0.850. The molecule has 0 aromatic carbocycles. The fourth-order valence-corrected chi connectivity index (χ4v) is 2.88. The highest BCUT2D eigenvalue weighted by Gasteiger charge is 2.24. The summed E-state index contributed by atoms with van der Waals surface area (Å²) in [6, 6.07) is 3.27. The van der Waals surface area contributed by atoms with Crippen LogP contribution < -0.4 is 10.0 Å². The van der Waals surface area contributed by atoms with E-state index in [9.17, 15) is 8.42 Å². The van der Waals surface area contributed by atoms with Crippen LogP contribution in [-0.2, 0) is 10.0 Å². The van der Waals surface area contributed by atoms with Gasteiger partial charge in [-0.15, -0.1) is 0 Å². The monoisotopic (exact) mass is 288 g/mol. The minimum absolute atomic E-state index is 0.354. The summed E-state index contributed by atoms with van der Waals surface area (Å²) in [6.45, 7) is 8.64. The van der Waals surface area contributed by atoms with Crippen molar-refractivity contribution in [1.82, 2.24) is 10.0 Å². The molecule has 1 heterocycles. The van der Waals surface area contributed by atoms with Crippen molar-refractivity contribution in [1.29, 1.82) is 0 Å². The summed E-state index contributed by atoms with van der Waals surface area (Å²) in [5.41, 5.74) is 0. The molecule has 2 N–H and O–H groups in total. The summed E-state index contributed by atoms with van der Waals surface area (Å²) >= 11 is 0. The Balaban J connectivity index is 2.58. The van der Waals surface area contributed by atoms with Crippen molar-refractivity contribution in [2.75, 3.05) is 13.1 Å². The van der Waals surface area contributed by atoms with E-state index in [1.807, 2.05) is 19.9 Å². The molecule has 0 amide bonds. The van der Waals surface area contributed by atoms with Crippen molar-refractivity contribution >= 4 is 10.0 Å². The van der Waals surface area contributed by atoms with Crippen molar-refractivity contribution < 1.29 is 12.8 Å². The first-order valence-corrected chi connectivity index (χ1v) is 8.19. The topological polar surface area (TPSA) is 71.3 Å². The summed E-state index contributed by atoms with van der Waals surface area (Å²) in [5, 5.41) is 2.64. The minimum Gasteiger partial charge on any atom is -0.465 e. The number of hydrogen-bond acceptors (Lipinski definition) is 4. The largest absolute Gasteiger partial charge is 0.465 e. The fraction of sp³-hybridized carbons (Fsp3) is 0.692.